The molecule has 2 saturated carbocycles. The minimum absolute atomic E-state index is 0.0213. The number of nitrogens with zero attached hydrogens (tertiary/aromatic N) is 6. The molecular formula is C41H48ClN7O4. The van der Waals surface area contributed by atoms with Crippen LogP contribution in [-0.2, 0) is 51.2 Å². The third-order valence-corrected chi connectivity index (χ3v) is 13.4. The molecule has 8 rings (SSSR count). The summed E-state index contributed by atoms with van der Waals surface area (Å²) in [5.41, 5.74) is 7.76. The molecule has 12 heteroatoms. The summed E-state index contributed by atoms with van der Waals surface area (Å²) in [7, 11) is 5.90. The number of fused-ring (bicyclic) bond motifs is 4. The van der Waals surface area contributed by atoms with Crippen LogP contribution in [0.1, 0.15) is 93.7 Å². The van der Waals surface area contributed by atoms with E-state index < -0.39 is 11.4 Å². The van der Waals surface area contributed by atoms with Crippen molar-refractivity contribution in [3.8, 4) is 11.1 Å². The number of carbonyl (C=O) groups excluding carboxylic acids is 2. The molecule has 4 heterocycles. The minimum atomic E-state index is -0.618. The molecule has 0 spiro atoms. The van der Waals surface area contributed by atoms with Crippen molar-refractivity contribution in [2.24, 2.45) is 24.9 Å². The molecule has 53 heavy (non-hydrogen) atoms. The van der Waals surface area contributed by atoms with Crippen molar-refractivity contribution in [1.82, 2.24) is 28.9 Å². The van der Waals surface area contributed by atoms with Gasteiger partial charge < -0.3 is 24.5 Å². The van der Waals surface area contributed by atoms with E-state index in [1.165, 1.54) is 0 Å². The number of nitrogens with one attached hydrogen (secondary N) is 1. The fraction of sp³-hybridized carbons (Fsp3) is 0.488. The van der Waals surface area contributed by atoms with Crippen LogP contribution in [0.5, 0.6) is 0 Å². The zero-order chi connectivity index (χ0) is 37.2. The first-order valence-corrected chi connectivity index (χ1v) is 19.2. The van der Waals surface area contributed by atoms with Gasteiger partial charge in [0.25, 0.3) is 5.91 Å². The SMILES string of the molecule is Cc1c(CC(=O)c2nc3c(n2C)CCN(C)C3)cccc1-c1cccc(NC(=O)c2nc3c(n2C)CCN(CCC24CCC(C(=O)O)(CC2)C4)C3)c1Cl. The summed E-state index contributed by atoms with van der Waals surface area (Å²) in [5, 5.41) is 13.3. The summed E-state index contributed by atoms with van der Waals surface area (Å²) in [5.74, 6) is -0.130. The molecule has 0 atom stereocenters. The number of ketones is 1. The van der Waals surface area contributed by atoms with Gasteiger partial charge in [0.1, 0.15) is 0 Å². The number of anilines is 1. The fourth-order valence-corrected chi connectivity index (χ4v) is 9.95. The van der Waals surface area contributed by atoms with E-state index in [1.54, 1.807) is 6.07 Å². The van der Waals surface area contributed by atoms with Crippen LogP contribution in [-0.4, -0.2) is 78.4 Å². The fourth-order valence-electron chi connectivity index (χ4n) is 9.67. The lowest BCUT2D eigenvalue weighted by Gasteiger charge is -2.32. The highest BCUT2D eigenvalue weighted by atomic mass is 35.5. The van der Waals surface area contributed by atoms with Crippen LogP contribution >= 0.6 is 11.6 Å². The van der Waals surface area contributed by atoms with E-state index >= 15 is 0 Å². The summed E-state index contributed by atoms with van der Waals surface area (Å²) in [6.07, 6.45) is 7.33. The van der Waals surface area contributed by atoms with Gasteiger partial charge in [-0.25, -0.2) is 9.97 Å². The van der Waals surface area contributed by atoms with Gasteiger partial charge in [-0.15, -0.1) is 0 Å². The first-order chi connectivity index (χ1) is 25.4. The van der Waals surface area contributed by atoms with Gasteiger partial charge in [-0.2, -0.15) is 0 Å². The molecule has 2 aliphatic carbocycles. The van der Waals surface area contributed by atoms with E-state index in [4.69, 9.17) is 21.6 Å². The molecule has 11 nitrogen and oxygen atoms in total. The first kappa shape index (κ1) is 35.7. The Morgan fingerprint density at radius 2 is 1.53 bits per heavy atom. The lowest BCUT2D eigenvalue weighted by atomic mass is 9.80. The van der Waals surface area contributed by atoms with Gasteiger partial charge in [0.2, 0.25) is 5.78 Å². The average molecular weight is 738 g/mol. The molecule has 0 unspecified atom stereocenters. The number of carboxylic acid groups (broad SMARTS) is 1. The Morgan fingerprint density at radius 3 is 2.26 bits per heavy atom. The van der Waals surface area contributed by atoms with Crippen molar-refractivity contribution in [3.63, 3.8) is 0 Å². The number of aromatic nitrogens is 4. The Balaban J connectivity index is 0.950. The molecule has 0 saturated heterocycles. The third kappa shape index (κ3) is 6.30. The maximum Gasteiger partial charge on any atom is 0.309 e. The van der Waals surface area contributed by atoms with Crippen molar-refractivity contribution in [2.75, 3.05) is 32.0 Å². The van der Waals surface area contributed by atoms with Crippen molar-refractivity contribution < 1.29 is 19.5 Å². The van der Waals surface area contributed by atoms with Gasteiger partial charge in [0.15, 0.2) is 11.6 Å². The van der Waals surface area contributed by atoms with E-state index in [0.717, 1.165) is 123 Å². The molecule has 2 fully saturated rings. The Hall–Kier alpha value is -4.32. The van der Waals surface area contributed by atoms with E-state index in [0.29, 0.717) is 28.9 Å². The third-order valence-electron chi connectivity index (χ3n) is 13.0. The molecular weight excluding hydrogens is 690 g/mol. The highest BCUT2D eigenvalue weighted by Crippen LogP contribution is 2.63. The van der Waals surface area contributed by atoms with Crippen molar-refractivity contribution in [1.29, 1.82) is 0 Å². The van der Waals surface area contributed by atoms with Crippen LogP contribution in [0.4, 0.5) is 5.69 Å². The Bertz CT molecular complexity index is 2140. The maximum atomic E-state index is 13.7. The number of benzene rings is 2. The molecule has 2 aliphatic heterocycles. The largest absolute Gasteiger partial charge is 0.481 e. The Kier molecular flexibility index (Phi) is 9.10. The second-order valence-electron chi connectivity index (χ2n) is 16.1. The van der Waals surface area contributed by atoms with E-state index in [1.807, 2.05) is 60.5 Å². The summed E-state index contributed by atoms with van der Waals surface area (Å²) in [4.78, 5) is 53.4. The molecule has 0 radical (unpaired) electrons. The van der Waals surface area contributed by atoms with Crippen LogP contribution in [0.3, 0.4) is 0 Å². The molecule has 2 aromatic heterocycles. The zero-order valence-electron chi connectivity index (χ0n) is 31.1. The second kappa shape index (κ2) is 13.5. The predicted octanol–water partition coefficient (Wildman–Crippen LogP) is 6.23. The summed E-state index contributed by atoms with van der Waals surface area (Å²) >= 11 is 7.03. The second-order valence-corrected chi connectivity index (χ2v) is 16.5. The summed E-state index contributed by atoms with van der Waals surface area (Å²) < 4.78 is 3.86. The average Bonchev–Trinajstić information content (AvgIpc) is 3.89. The summed E-state index contributed by atoms with van der Waals surface area (Å²) in [6.45, 7) is 6.16. The van der Waals surface area contributed by atoms with Crippen LogP contribution in [0.25, 0.3) is 11.1 Å². The summed E-state index contributed by atoms with van der Waals surface area (Å²) in [6, 6.07) is 11.5. The van der Waals surface area contributed by atoms with Gasteiger partial charge in [0, 0.05) is 76.5 Å². The van der Waals surface area contributed by atoms with Crippen molar-refractivity contribution >= 4 is 34.9 Å². The van der Waals surface area contributed by atoms with E-state index in [2.05, 4.69) is 22.2 Å². The molecule has 2 aromatic carbocycles. The van der Waals surface area contributed by atoms with Gasteiger partial charge in [-0.1, -0.05) is 41.9 Å². The number of hydrogen-bond acceptors (Lipinski definition) is 7. The first-order valence-electron chi connectivity index (χ1n) is 18.8. The van der Waals surface area contributed by atoms with Gasteiger partial charge >= 0.3 is 5.97 Å². The van der Waals surface area contributed by atoms with Crippen molar-refractivity contribution in [3.05, 3.63) is 87.0 Å². The van der Waals surface area contributed by atoms with Crippen LogP contribution in [0, 0.1) is 17.8 Å². The number of rotatable bonds is 10. The zero-order valence-corrected chi connectivity index (χ0v) is 31.9. The lowest BCUT2D eigenvalue weighted by Crippen LogP contribution is -2.34. The number of halogens is 1. The molecule has 4 aromatic rings. The standard InChI is InChI=1S/C41H48ClN7O4/c1-25-26(21-34(50)36-43-30-22-46(2)18-11-32(30)47(36)3)7-5-8-27(25)28-9-6-10-29(35(28)42)45-38(51)37-44-31-23-49(19-12-33(31)48(37)4)20-17-40-13-15-41(24-40,16-14-40)39(52)53/h5-10H,11-24H2,1-4H3,(H,45,51)(H,52,53). The smallest absolute Gasteiger partial charge is 0.309 e. The monoisotopic (exact) mass is 737 g/mol. The minimum Gasteiger partial charge on any atom is -0.481 e. The quantitative estimate of drug-likeness (QED) is 0.184. The molecule has 278 valence electrons. The van der Waals surface area contributed by atoms with Crippen LogP contribution in [0.15, 0.2) is 36.4 Å². The van der Waals surface area contributed by atoms with Gasteiger partial charge in [-0.3, -0.25) is 19.3 Å². The number of likely N-dealkylation sites (N-methyl/N-ethyl adjacent to an activating group) is 1. The van der Waals surface area contributed by atoms with Gasteiger partial charge in [0.05, 0.1) is 27.5 Å². The number of Topliss-reactive ketones (excluding diaryl/α,β-unsaturated/α-hetero) is 1. The maximum absolute atomic E-state index is 13.7. The Morgan fingerprint density at radius 1 is 0.868 bits per heavy atom. The lowest BCUT2D eigenvalue weighted by molar-refractivity contribution is -0.148. The van der Waals surface area contributed by atoms with E-state index in [-0.39, 0.29) is 23.5 Å². The van der Waals surface area contributed by atoms with Gasteiger partial charge in [-0.05, 0) is 87.2 Å². The number of imidazole rings is 2. The number of amides is 1. The molecule has 4 aliphatic rings. The predicted molar refractivity (Wildman–Crippen MR) is 203 cm³/mol. The van der Waals surface area contributed by atoms with Crippen LogP contribution < -0.4 is 5.32 Å². The topological polar surface area (TPSA) is 126 Å². The molecule has 2 bridgehead atoms. The number of hydrogen-bond donors (Lipinski definition) is 2. The van der Waals surface area contributed by atoms with Crippen molar-refractivity contribution in [2.45, 2.75) is 77.8 Å². The normalized spacial score (nSPS) is 22.5. The Labute approximate surface area is 315 Å². The van der Waals surface area contributed by atoms with Crippen LogP contribution in [0.2, 0.25) is 5.02 Å². The highest BCUT2D eigenvalue weighted by molar-refractivity contribution is 6.36. The number of aliphatic carboxylic acids is 1. The molecule has 2 N–H and O–H groups in total. The number of carbonyl (C=O) groups is 3. The molecule has 1 amide bonds. The van der Waals surface area contributed by atoms with E-state index in [9.17, 15) is 19.5 Å². The number of carboxylic acids is 1. The highest BCUT2D eigenvalue weighted by Gasteiger charge is 2.57.